The summed E-state index contributed by atoms with van der Waals surface area (Å²) in [5.74, 6) is -0.0975. The van der Waals surface area contributed by atoms with Crippen molar-refractivity contribution in [3.63, 3.8) is 0 Å². The second-order valence-corrected chi connectivity index (χ2v) is 10.2. The summed E-state index contributed by atoms with van der Waals surface area (Å²) in [4.78, 5) is 29.1. The van der Waals surface area contributed by atoms with Crippen LogP contribution in [-0.2, 0) is 19.1 Å². The van der Waals surface area contributed by atoms with Gasteiger partial charge in [-0.1, -0.05) is 0 Å². The van der Waals surface area contributed by atoms with Gasteiger partial charge in [-0.05, 0) is 39.5 Å². The number of carbonyl (C=O) groups excluding carboxylic acids is 2. The monoisotopic (exact) mass is 452 g/mol. The maximum atomic E-state index is 11.7. The first kappa shape index (κ1) is 23.9. The van der Waals surface area contributed by atoms with Crippen molar-refractivity contribution in [2.75, 3.05) is 78.7 Å². The van der Waals surface area contributed by atoms with Crippen LogP contribution in [0.25, 0.3) is 0 Å². The molecule has 4 aliphatic heterocycles. The van der Waals surface area contributed by atoms with E-state index in [0.29, 0.717) is 38.4 Å². The van der Waals surface area contributed by atoms with E-state index in [1.807, 2.05) is 13.8 Å². The second-order valence-electron chi connectivity index (χ2n) is 10.2. The molecule has 0 radical (unpaired) electrons. The molecule has 0 aliphatic carbocycles. The van der Waals surface area contributed by atoms with Crippen molar-refractivity contribution in [2.45, 2.75) is 64.7 Å². The number of esters is 2. The molecule has 32 heavy (non-hydrogen) atoms. The molecule has 2 unspecified atom stereocenters. The van der Waals surface area contributed by atoms with E-state index in [0.717, 1.165) is 25.7 Å². The molecule has 0 spiro atoms. The molecule has 4 rings (SSSR count). The number of piperazine rings is 2. The molecule has 0 N–H and O–H groups in total. The number of unbranched alkanes of at least 4 members (excludes halogenated alkanes) is 2. The molecule has 0 saturated carbocycles. The Morgan fingerprint density at radius 1 is 0.688 bits per heavy atom. The smallest absolute Gasteiger partial charge is 0.305 e. The Kier molecular flexibility index (Phi) is 7.75. The van der Waals surface area contributed by atoms with Crippen molar-refractivity contribution in [2.24, 2.45) is 0 Å². The minimum atomic E-state index is -0.0488. The molecule has 0 aromatic rings. The number of hydrogen-bond acceptors (Lipinski definition) is 6. The normalized spacial score (nSPS) is 33.8. The zero-order chi connectivity index (χ0) is 22.6. The summed E-state index contributed by atoms with van der Waals surface area (Å²) in [6.07, 6.45) is 6.41. The van der Waals surface area contributed by atoms with Gasteiger partial charge in [-0.25, -0.2) is 9.80 Å². The van der Waals surface area contributed by atoms with E-state index in [4.69, 9.17) is 9.47 Å². The quantitative estimate of drug-likeness (QED) is 0.253. The fraction of sp³-hybridized carbons (Fsp3) is 0.917. The number of carbonyl (C=O) groups is 2. The van der Waals surface area contributed by atoms with Crippen LogP contribution < -0.4 is 0 Å². The average molecular weight is 453 g/mol. The van der Waals surface area contributed by atoms with Crippen LogP contribution in [0.4, 0.5) is 0 Å². The van der Waals surface area contributed by atoms with Crippen LogP contribution in [0.3, 0.4) is 0 Å². The van der Waals surface area contributed by atoms with Gasteiger partial charge in [0.05, 0.1) is 78.7 Å². The number of rotatable bonds is 12. The number of ether oxygens (including phenoxy) is 2. The van der Waals surface area contributed by atoms with Gasteiger partial charge in [-0.2, -0.15) is 0 Å². The van der Waals surface area contributed by atoms with Gasteiger partial charge in [-0.3, -0.25) is 9.59 Å². The molecule has 4 heterocycles. The first-order chi connectivity index (χ1) is 15.5. The standard InChI is InChI=1S/C24H44N4O4/c1-3-31-21(29)9-5-7-15-27-17-11-25-14-20-28(16-8-6-10-22(30)32-4-2)18-12-26(13-19-27)24(28)23(25)27/h23-24H,3-20H2,1-2H3/q+2. The molecule has 182 valence electrons. The van der Waals surface area contributed by atoms with Crippen molar-refractivity contribution >= 4 is 11.9 Å². The van der Waals surface area contributed by atoms with E-state index in [1.165, 1.54) is 74.4 Å². The van der Waals surface area contributed by atoms with Crippen LogP contribution >= 0.6 is 0 Å². The first-order valence-electron chi connectivity index (χ1n) is 13.0. The van der Waals surface area contributed by atoms with Crippen molar-refractivity contribution in [3.05, 3.63) is 0 Å². The van der Waals surface area contributed by atoms with E-state index < -0.39 is 0 Å². The van der Waals surface area contributed by atoms with E-state index >= 15 is 0 Å². The number of hydrogen-bond donors (Lipinski definition) is 0. The van der Waals surface area contributed by atoms with Gasteiger partial charge in [-0.15, -0.1) is 0 Å². The SMILES string of the molecule is CCOC(=O)CCCC[N+]12CCN3CC[N+]4(CCCCC(=O)OCC)CCN(CC1)C4C32. The molecule has 4 aliphatic rings. The highest BCUT2D eigenvalue weighted by Gasteiger charge is 2.66. The molecule has 0 bridgehead atoms. The van der Waals surface area contributed by atoms with Crippen molar-refractivity contribution < 1.29 is 28.0 Å². The first-order valence-corrected chi connectivity index (χ1v) is 13.0. The third kappa shape index (κ3) is 4.69. The fourth-order valence-corrected chi connectivity index (χ4v) is 7.02. The van der Waals surface area contributed by atoms with Gasteiger partial charge >= 0.3 is 11.9 Å². The average Bonchev–Trinajstić information content (AvgIpc) is 3.33. The van der Waals surface area contributed by atoms with Gasteiger partial charge in [0.1, 0.15) is 0 Å². The Bertz CT molecular complexity index is 620. The summed E-state index contributed by atoms with van der Waals surface area (Å²) in [5.41, 5.74) is 0. The van der Waals surface area contributed by atoms with E-state index in [2.05, 4.69) is 9.80 Å². The molecule has 0 amide bonds. The van der Waals surface area contributed by atoms with Crippen molar-refractivity contribution in [1.29, 1.82) is 0 Å². The summed E-state index contributed by atoms with van der Waals surface area (Å²) in [5, 5.41) is 0. The highest BCUT2D eigenvalue weighted by molar-refractivity contribution is 5.69. The molecule has 0 aromatic heterocycles. The van der Waals surface area contributed by atoms with Crippen LogP contribution in [0, 0.1) is 0 Å². The summed E-state index contributed by atoms with van der Waals surface area (Å²) in [7, 11) is 0. The lowest BCUT2D eigenvalue weighted by Gasteiger charge is -2.56. The summed E-state index contributed by atoms with van der Waals surface area (Å²) in [6.45, 7) is 17.0. The molecule has 8 heteroatoms. The van der Waals surface area contributed by atoms with Crippen LogP contribution in [0.1, 0.15) is 52.4 Å². The third-order valence-corrected chi connectivity index (χ3v) is 8.55. The van der Waals surface area contributed by atoms with Gasteiger partial charge in [0.25, 0.3) is 0 Å². The molecular formula is C24H44N4O4+2. The summed E-state index contributed by atoms with van der Waals surface area (Å²) < 4.78 is 12.7. The van der Waals surface area contributed by atoms with Crippen LogP contribution in [0.5, 0.6) is 0 Å². The largest absolute Gasteiger partial charge is 0.466 e. The Hall–Kier alpha value is -1.22. The van der Waals surface area contributed by atoms with E-state index in [-0.39, 0.29) is 11.9 Å². The predicted molar refractivity (Wildman–Crippen MR) is 121 cm³/mol. The van der Waals surface area contributed by atoms with Crippen LogP contribution in [0.15, 0.2) is 0 Å². The predicted octanol–water partition coefficient (Wildman–Crippen LogP) is 1.40. The Balaban J connectivity index is 1.37. The zero-order valence-corrected chi connectivity index (χ0v) is 20.3. The highest BCUT2D eigenvalue weighted by atomic mass is 16.5. The van der Waals surface area contributed by atoms with Crippen LogP contribution in [0.2, 0.25) is 0 Å². The van der Waals surface area contributed by atoms with Crippen LogP contribution in [-0.4, -0.2) is 122 Å². The van der Waals surface area contributed by atoms with Gasteiger partial charge < -0.3 is 18.4 Å². The van der Waals surface area contributed by atoms with Crippen molar-refractivity contribution in [3.8, 4) is 0 Å². The lowest BCUT2D eigenvalue weighted by Crippen LogP contribution is -2.78. The number of quaternary nitrogens is 2. The van der Waals surface area contributed by atoms with Crippen molar-refractivity contribution in [1.82, 2.24) is 9.80 Å². The topological polar surface area (TPSA) is 59.1 Å². The lowest BCUT2D eigenvalue weighted by molar-refractivity contribution is -1.03. The molecule has 2 atom stereocenters. The highest BCUT2D eigenvalue weighted by Crippen LogP contribution is 2.43. The van der Waals surface area contributed by atoms with Gasteiger partial charge in [0.15, 0.2) is 0 Å². The molecule has 8 nitrogen and oxygen atoms in total. The Morgan fingerprint density at radius 3 is 1.41 bits per heavy atom. The minimum Gasteiger partial charge on any atom is -0.466 e. The molecule has 4 saturated heterocycles. The second kappa shape index (κ2) is 10.4. The fourth-order valence-electron chi connectivity index (χ4n) is 7.02. The van der Waals surface area contributed by atoms with E-state index in [9.17, 15) is 9.59 Å². The maximum Gasteiger partial charge on any atom is 0.305 e. The molecule has 0 aromatic carbocycles. The third-order valence-electron chi connectivity index (χ3n) is 8.55. The minimum absolute atomic E-state index is 0.0488. The summed E-state index contributed by atoms with van der Waals surface area (Å²) in [6, 6.07) is 0. The van der Waals surface area contributed by atoms with Gasteiger partial charge in [0, 0.05) is 12.8 Å². The lowest BCUT2D eigenvalue weighted by atomic mass is 10.0. The number of nitrogens with zero attached hydrogens (tertiary/aromatic N) is 4. The Labute approximate surface area is 193 Å². The van der Waals surface area contributed by atoms with Gasteiger partial charge in [0.2, 0.25) is 12.3 Å². The zero-order valence-electron chi connectivity index (χ0n) is 20.3. The molecular weight excluding hydrogens is 408 g/mol. The van der Waals surface area contributed by atoms with E-state index in [1.54, 1.807) is 0 Å². The maximum absolute atomic E-state index is 11.7. The summed E-state index contributed by atoms with van der Waals surface area (Å²) >= 11 is 0. The molecule has 4 fully saturated rings. The Morgan fingerprint density at radius 2 is 1.06 bits per heavy atom.